The van der Waals surface area contributed by atoms with Gasteiger partial charge in [0.15, 0.2) is 0 Å². The number of halogens is 2. The van der Waals surface area contributed by atoms with Crippen LogP contribution in [0.15, 0.2) is 30.3 Å². The summed E-state index contributed by atoms with van der Waals surface area (Å²) in [4.78, 5) is 0. The van der Waals surface area contributed by atoms with Gasteiger partial charge in [-0.3, -0.25) is 0 Å². The van der Waals surface area contributed by atoms with Gasteiger partial charge in [0.25, 0.3) is 0 Å². The molecule has 0 unspecified atom stereocenters. The normalized spacial score (nSPS) is 24.3. The van der Waals surface area contributed by atoms with Crippen LogP contribution < -0.4 is 0 Å². The summed E-state index contributed by atoms with van der Waals surface area (Å²) >= 11 is 2.48. The predicted molar refractivity (Wildman–Crippen MR) is 221 cm³/mol. The maximum absolute atomic E-state index is 2.48. The van der Waals surface area contributed by atoms with Crippen molar-refractivity contribution in [2.75, 3.05) is 0 Å². The van der Waals surface area contributed by atoms with Crippen LogP contribution in [0.4, 0.5) is 0 Å². The second-order valence-electron chi connectivity index (χ2n) is 16.2. The molecule has 48 heavy (non-hydrogen) atoms. The van der Waals surface area contributed by atoms with Gasteiger partial charge in [0, 0.05) is 0 Å². The van der Waals surface area contributed by atoms with Crippen molar-refractivity contribution in [1.82, 2.24) is 0 Å². The Morgan fingerprint density at radius 3 is 0.729 bits per heavy atom. The van der Waals surface area contributed by atoms with E-state index in [1.807, 2.05) is 22.8 Å². The second-order valence-corrected chi connectivity index (χ2v) is 22.8. The van der Waals surface area contributed by atoms with Crippen molar-refractivity contribution in [3.63, 3.8) is 0 Å². The molecule has 7 rings (SSSR count). The van der Waals surface area contributed by atoms with Gasteiger partial charge in [0.05, 0.1) is 0 Å². The Morgan fingerprint density at radius 1 is 0.354 bits per heavy atom. The van der Waals surface area contributed by atoms with Crippen molar-refractivity contribution in [2.45, 2.75) is 227 Å². The van der Waals surface area contributed by atoms with Crippen LogP contribution in [0.3, 0.4) is 0 Å². The molecule has 6 fully saturated rings. The van der Waals surface area contributed by atoms with E-state index in [2.05, 4.69) is 30.0 Å². The monoisotopic (exact) mass is 824 g/mol. The van der Waals surface area contributed by atoms with Gasteiger partial charge < -0.3 is 0 Å². The predicted octanol–water partition coefficient (Wildman–Crippen LogP) is 15.2. The molecule has 0 bridgehead atoms. The van der Waals surface area contributed by atoms with E-state index in [9.17, 15) is 0 Å². The van der Waals surface area contributed by atoms with E-state index in [4.69, 9.17) is 0 Å². The molecule has 278 valence electrons. The molecule has 6 saturated carbocycles. The third-order valence-corrected chi connectivity index (χ3v) is 21.6. The summed E-state index contributed by atoms with van der Waals surface area (Å²) in [5.74, 6) is 0. The van der Waals surface area contributed by atoms with Gasteiger partial charge in [-0.2, -0.15) is 0 Å². The molecule has 5 heteroatoms. The molecule has 0 aliphatic heterocycles. The van der Waals surface area contributed by atoms with Crippen molar-refractivity contribution < 1.29 is 17.9 Å². The molecule has 1 aromatic rings. The van der Waals surface area contributed by atoms with Crippen LogP contribution in [0, 0.1) is 0 Å². The molecule has 0 heterocycles. The summed E-state index contributed by atoms with van der Waals surface area (Å²) in [6.07, 6.45) is 47.2. The average molecular weight is 825 g/mol. The van der Waals surface area contributed by atoms with Gasteiger partial charge >= 0.3 is 58.4 Å². The summed E-state index contributed by atoms with van der Waals surface area (Å²) in [5.41, 5.74) is 8.39. The zero-order chi connectivity index (χ0) is 31.7. The summed E-state index contributed by atoms with van der Waals surface area (Å²) in [5, 5.41) is 0. The Balaban J connectivity index is 0.000000206. The molecule has 0 spiro atoms. The molecule has 0 N–H and O–H groups in total. The SMILES string of the molecule is C1CCC(P(C2CCCCC2)C2CCCCC2)CC1.C1CCC(P(C2CCCCC2)C2CCCCC2)CC1.Cl.Cl.[Ru]=[CH]c1ccccc1. The van der Waals surface area contributed by atoms with Crippen LogP contribution in [0.5, 0.6) is 0 Å². The summed E-state index contributed by atoms with van der Waals surface area (Å²) in [7, 11) is 0.770. The molecule has 6 aliphatic carbocycles. The Hall–Kier alpha value is 1.15. The van der Waals surface area contributed by atoms with Gasteiger partial charge in [-0.25, -0.2) is 0 Å². The zero-order valence-corrected chi connectivity index (χ0v) is 35.9. The minimum atomic E-state index is 0. The van der Waals surface area contributed by atoms with E-state index in [0.29, 0.717) is 15.8 Å². The molecular weight excluding hydrogens is 750 g/mol. The molecule has 1 aromatic carbocycles. The molecule has 0 saturated heterocycles. The Morgan fingerprint density at radius 2 is 0.562 bits per heavy atom. The van der Waals surface area contributed by atoms with Crippen LogP contribution in [0.25, 0.3) is 0 Å². The first-order chi connectivity index (χ1) is 22.8. The van der Waals surface area contributed by atoms with Crippen molar-refractivity contribution in [1.29, 1.82) is 0 Å². The van der Waals surface area contributed by atoms with Gasteiger partial charge in [0.2, 0.25) is 0 Å². The minimum absolute atomic E-state index is 0. The van der Waals surface area contributed by atoms with E-state index in [1.54, 1.807) is 154 Å². The summed E-state index contributed by atoms with van der Waals surface area (Å²) in [6.45, 7) is 0. The third-order valence-electron chi connectivity index (χ3n) is 12.9. The van der Waals surface area contributed by atoms with Crippen LogP contribution in [-0.4, -0.2) is 38.6 Å². The topological polar surface area (TPSA) is 0 Å². The molecule has 6 aliphatic rings. The third kappa shape index (κ3) is 14.5. The van der Waals surface area contributed by atoms with E-state index < -0.39 is 0 Å². The first kappa shape index (κ1) is 43.6. The van der Waals surface area contributed by atoms with Gasteiger partial charge in [-0.05, 0) is 111 Å². The number of hydrogen-bond acceptors (Lipinski definition) is 0. The fraction of sp³-hybridized carbons (Fsp3) is 0.837. The number of hydrogen-bond donors (Lipinski definition) is 0. The quantitative estimate of drug-likeness (QED) is 0.190. The zero-order valence-electron chi connectivity index (χ0n) is 30.7. The van der Waals surface area contributed by atoms with Crippen LogP contribution >= 0.6 is 40.7 Å². The van der Waals surface area contributed by atoms with E-state index in [-0.39, 0.29) is 24.8 Å². The van der Waals surface area contributed by atoms with Gasteiger partial charge in [-0.15, -0.1) is 24.8 Å². The van der Waals surface area contributed by atoms with E-state index in [0.717, 1.165) is 0 Å². The first-order valence-corrected chi connectivity index (χ1v) is 25.0. The van der Waals surface area contributed by atoms with Crippen LogP contribution in [-0.2, 0) is 17.9 Å². The Kier molecular flexibility index (Phi) is 23.6. The molecule has 0 atom stereocenters. The van der Waals surface area contributed by atoms with Crippen molar-refractivity contribution in [3.8, 4) is 0 Å². The number of rotatable bonds is 7. The number of benzene rings is 1. The second kappa shape index (κ2) is 26.0. The molecule has 0 amide bonds. The van der Waals surface area contributed by atoms with E-state index in [1.165, 1.54) is 78.0 Å². The van der Waals surface area contributed by atoms with E-state index >= 15 is 0 Å². The summed E-state index contributed by atoms with van der Waals surface area (Å²) in [6, 6.07) is 10.2. The van der Waals surface area contributed by atoms with Crippen molar-refractivity contribution >= 4 is 45.3 Å². The average Bonchev–Trinajstić information content (AvgIpc) is 3.15. The first-order valence-electron chi connectivity index (χ1n) is 20.9. The molecule has 0 aromatic heterocycles. The molecule has 0 radical (unpaired) electrons. The van der Waals surface area contributed by atoms with Crippen LogP contribution in [0.2, 0.25) is 0 Å². The van der Waals surface area contributed by atoms with Crippen LogP contribution in [0.1, 0.15) is 198 Å². The fourth-order valence-electron chi connectivity index (χ4n) is 10.6. The summed E-state index contributed by atoms with van der Waals surface area (Å²) < 4.78 is 2.01. The van der Waals surface area contributed by atoms with Crippen molar-refractivity contribution in [3.05, 3.63) is 35.9 Å². The van der Waals surface area contributed by atoms with Gasteiger partial charge in [-0.1, -0.05) is 131 Å². The maximum atomic E-state index is 2.48. The molecular formula is C43H74Cl2P2Ru. The Labute approximate surface area is 323 Å². The van der Waals surface area contributed by atoms with Crippen molar-refractivity contribution in [2.24, 2.45) is 0 Å². The molecule has 0 nitrogen and oxygen atoms in total. The fourth-order valence-corrected chi connectivity index (χ4v) is 20.3. The Bertz CT molecular complexity index is 770. The standard InChI is InChI=1S/2C18H33P.C7H6.2ClH.Ru/c2*1-4-10-16(11-5-1)19(17-12-6-2-7-13-17)18-14-8-3-9-15-18;1-7-5-3-2-4-6-7;;;/h2*16-18H,1-15H2;1-6H;2*1H;. The van der Waals surface area contributed by atoms with Gasteiger partial charge in [0.1, 0.15) is 0 Å².